The maximum absolute atomic E-state index is 3.30. The predicted octanol–water partition coefficient (Wildman–Crippen LogP) is 4.11. The van der Waals surface area contributed by atoms with E-state index in [2.05, 4.69) is 48.0 Å². The largest absolute Gasteiger partial charge is 0.326 e. The lowest BCUT2D eigenvalue weighted by Gasteiger charge is -2.04. The highest BCUT2D eigenvalue weighted by Gasteiger charge is 1.93. The number of hydrogen-bond acceptors (Lipinski definition) is 2. The van der Waals surface area contributed by atoms with Gasteiger partial charge in [-0.25, -0.2) is 0 Å². The highest BCUT2D eigenvalue weighted by Crippen LogP contribution is 2.20. The van der Waals surface area contributed by atoms with Gasteiger partial charge in [-0.05, 0) is 43.1 Å². The molecule has 0 fully saturated rings. The quantitative estimate of drug-likeness (QED) is 0.773. The van der Waals surface area contributed by atoms with Crippen LogP contribution in [0.1, 0.15) is 5.56 Å². The molecule has 0 saturated carbocycles. The summed E-state index contributed by atoms with van der Waals surface area (Å²) in [6.07, 6.45) is 0. The number of benzene rings is 2. The Morgan fingerprint density at radius 3 is 2.20 bits per heavy atom. The molecule has 76 valence electrons. The molecule has 0 aliphatic heterocycles. The van der Waals surface area contributed by atoms with Gasteiger partial charge in [0.15, 0.2) is 0 Å². The van der Waals surface area contributed by atoms with Crippen LogP contribution in [0.5, 0.6) is 0 Å². The van der Waals surface area contributed by atoms with Crippen LogP contribution in [0.25, 0.3) is 0 Å². The molecule has 1 nitrogen and oxygen atoms in total. The highest BCUT2D eigenvalue weighted by atomic mass is 32.2. The van der Waals surface area contributed by atoms with Crippen molar-refractivity contribution in [3.63, 3.8) is 0 Å². The minimum absolute atomic E-state index is 1.13. The number of aryl methyl sites for hydroxylation is 1. The van der Waals surface area contributed by atoms with Crippen molar-refractivity contribution in [2.75, 3.05) is 4.72 Å². The molecule has 0 aromatic heterocycles. The van der Waals surface area contributed by atoms with E-state index in [1.807, 2.05) is 18.2 Å². The molecule has 0 heterocycles. The molecule has 0 aliphatic carbocycles. The minimum Gasteiger partial charge on any atom is -0.326 e. The van der Waals surface area contributed by atoms with E-state index in [-0.39, 0.29) is 0 Å². The molecular formula is C13H13NS. The number of anilines is 1. The van der Waals surface area contributed by atoms with Crippen LogP contribution in [0.3, 0.4) is 0 Å². The lowest BCUT2D eigenvalue weighted by atomic mass is 10.2. The Bertz CT molecular complexity index is 408. The van der Waals surface area contributed by atoms with E-state index in [4.69, 9.17) is 0 Å². The summed E-state index contributed by atoms with van der Waals surface area (Å²) < 4.78 is 3.30. The Labute approximate surface area is 94.7 Å². The molecule has 1 N–H and O–H groups in total. The summed E-state index contributed by atoms with van der Waals surface area (Å²) in [6, 6.07) is 18.7. The van der Waals surface area contributed by atoms with E-state index >= 15 is 0 Å². The van der Waals surface area contributed by atoms with E-state index in [0.717, 1.165) is 5.69 Å². The monoisotopic (exact) mass is 215 g/mol. The third-order valence-corrected chi connectivity index (χ3v) is 2.93. The van der Waals surface area contributed by atoms with Gasteiger partial charge in [0, 0.05) is 10.6 Å². The normalized spacial score (nSPS) is 9.93. The van der Waals surface area contributed by atoms with Gasteiger partial charge >= 0.3 is 0 Å². The first kappa shape index (κ1) is 10.1. The molecule has 0 radical (unpaired) electrons. The molecule has 0 spiro atoms. The van der Waals surface area contributed by atoms with Gasteiger partial charge in [0.05, 0.1) is 0 Å². The van der Waals surface area contributed by atoms with Gasteiger partial charge in [0.25, 0.3) is 0 Å². The summed E-state index contributed by atoms with van der Waals surface area (Å²) in [4.78, 5) is 1.23. The van der Waals surface area contributed by atoms with Crippen LogP contribution < -0.4 is 4.72 Å². The Morgan fingerprint density at radius 1 is 0.867 bits per heavy atom. The lowest BCUT2D eigenvalue weighted by molar-refractivity contribution is 1.38. The molecule has 15 heavy (non-hydrogen) atoms. The molecule has 0 unspecified atom stereocenters. The summed E-state index contributed by atoms with van der Waals surface area (Å²) in [7, 11) is 0. The van der Waals surface area contributed by atoms with Gasteiger partial charge in [-0.1, -0.05) is 35.9 Å². The fourth-order valence-corrected chi connectivity index (χ4v) is 1.87. The first-order valence-electron chi connectivity index (χ1n) is 4.89. The minimum atomic E-state index is 1.13. The second kappa shape index (κ2) is 4.89. The van der Waals surface area contributed by atoms with Crippen molar-refractivity contribution in [2.45, 2.75) is 11.8 Å². The molecule has 2 heteroatoms. The van der Waals surface area contributed by atoms with Crippen LogP contribution in [-0.2, 0) is 0 Å². The average Bonchev–Trinajstić information content (AvgIpc) is 2.30. The number of hydrogen-bond donors (Lipinski definition) is 1. The van der Waals surface area contributed by atoms with Crippen LogP contribution >= 0.6 is 11.9 Å². The molecule has 2 rings (SSSR count). The van der Waals surface area contributed by atoms with Crippen molar-refractivity contribution >= 4 is 17.6 Å². The van der Waals surface area contributed by atoms with Crippen molar-refractivity contribution in [3.05, 3.63) is 60.2 Å². The van der Waals surface area contributed by atoms with Gasteiger partial charge in [0.2, 0.25) is 0 Å². The van der Waals surface area contributed by atoms with Crippen molar-refractivity contribution in [2.24, 2.45) is 0 Å². The topological polar surface area (TPSA) is 12.0 Å². The summed E-state index contributed by atoms with van der Waals surface area (Å²) in [5.74, 6) is 0. The SMILES string of the molecule is Cc1ccc(SNc2ccccc2)cc1. The molecule has 0 saturated heterocycles. The molecule has 0 amide bonds. The smallest absolute Gasteiger partial charge is 0.0443 e. The van der Waals surface area contributed by atoms with E-state index in [1.165, 1.54) is 10.5 Å². The molecule has 2 aromatic rings. The fraction of sp³-hybridized carbons (Fsp3) is 0.0769. The van der Waals surface area contributed by atoms with Crippen molar-refractivity contribution < 1.29 is 0 Å². The van der Waals surface area contributed by atoms with E-state index < -0.39 is 0 Å². The zero-order valence-electron chi connectivity index (χ0n) is 8.60. The zero-order chi connectivity index (χ0) is 10.5. The summed E-state index contributed by atoms with van der Waals surface area (Å²) in [5.41, 5.74) is 2.42. The second-order valence-electron chi connectivity index (χ2n) is 3.38. The van der Waals surface area contributed by atoms with Gasteiger partial charge in [0.1, 0.15) is 0 Å². The molecule has 0 bridgehead atoms. The Balaban J connectivity index is 1.96. The second-order valence-corrected chi connectivity index (χ2v) is 4.26. The van der Waals surface area contributed by atoms with Crippen LogP contribution in [0, 0.1) is 6.92 Å². The predicted molar refractivity (Wildman–Crippen MR) is 67.1 cm³/mol. The van der Waals surface area contributed by atoms with Crippen LogP contribution in [-0.4, -0.2) is 0 Å². The Morgan fingerprint density at radius 2 is 1.53 bits per heavy atom. The van der Waals surface area contributed by atoms with Crippen LogP contribution in [0.2, 0.25) is 0 Å². The zero-order valence-corrected chi connectivity index (χ0v) is 9.42. The van der Waals surface area contributed by atoms with Crippen molar-refractivity contribution in [3.8, 4) is 0 Å². The van der Waals surface area contributed by atoms with Gasteiger partial charge in [-0.3, -0.25) is 0 Å². The molecular weight excluding hydrogens is 202 g/mol. The number of nitrogens with one attached hydrogen (secondary N) is 1. The maximum Gasteiger partial charge on any atom is 0.0443 e. The van der Waals surface area contributed by atoms with Crippen molar-refractivity contribution in [1.82, 2.24) is 0 Å². The first-order valence-corrected chi connectivity index (χ1v) is 5.71. The van der Waals surface area contributed by atoms with E-state index in [0.29, 0.717) is 0 Å². The van der Waals surface area contributed by atoms with Crippen LogP contribution in [0.15, 0.2) is 59.5 Å². The third kappa shape index (κ3) is 3.03. The number of para-hydroxylation sites is 1. The van der Waals surface area contributed by atoms with Gasteiger partial charge in [-0.2, -0.15) is 0 Å². The maximum atomic E-state index is 3.30. The first-order chi connectivity index (χ1) is 7.34. The van der Waals surface area contributed by atoms with E-state index in [1.54, 1.807) is 11.9 Å². The Hall–Kier alpha value is -1.41. The van der Waals surface area contributed by atoms with Crippen LogP contribution in [0.4, 0.5) is 5.69 Å². The summed E-state index contributed by atoms with van der Waals surface area (Å²) in [6.45, 7) is 2.10. The molecule has 0 aliphatic rings. The molecule has 2 aromatic carbocycles. The average molecular weight is 215 g/mol. The highest BCUT2D eigenvalue weighted by molar-refractivity contribution is 8.00. The van der Waals surface area contributed by atoms with E-state index in [9.17, 15) is 0 Å². The number of rotatable bonds is 3. The third-order valence-electron chi connectivity index (χ3n) is 2.08. The van der Waals surface area contributed by atoms with Gasteiger partial charge < -0.3 is 4.72 Å². The summed E-state index contributed by atoms with van der Waals surface area (Å²) in [5, 5.41) is 0. The van der Waals surface area contributed by atoms with Crippen molar-refractivity contribution in [1.29, 1.82) is 0 Å². The van der Waals surface area contributed by atoms with Gasteiger partial charge in [-0.15, -0.1) is 0 Å². The molecule has 0 atom stereocenters. The standard InChI is InChI=1S/C13H13NS/c1-11-7-9-13(10-8-11)15-14-12-5-3-2-4-6-12/h2-10,14H,1H3. The lowest BCUT2D eigenvalue weighted by Crippen LogP contribution is -1.85. The fourth-order valence-electron chi connectivity index (χ4n) is 1.23. The summed E-state index contributed by atoms with van der Waals surface area (Å²) >= 11 is 1.63. The Kier molecular flexibility index (Phi) is 3.30.